The van der Waals surface area contributed by atoms with Crippen LogP contribution in [0.25, 0.3) is 11.4 Å². The lowest BCUT2D eigenvalue weighted by Crippen LogP contribution is -2.53. The van der Waals surface area contributed by atoms with Gasteiger partial charge in [0.25, 0.3) is 0 Å². The lowest BCUT2D eigenvalue weighted by atomic mass is 9.83. The van der Waals surface area contributed by atoms with Crippen molar-refractivity contribution in [2.24, 2.45) is 0 Å². The first kappa shape index (κ1) is 18.6. The van der Waals surface area contributed by atoms with Gasteiger partial charge in [-0.2, -0.15) is 9.36 Å². The molecule has 0 unspecified atom stereocenters. The van der Waals surface area contributed by atoms with Gasteiger partial charge in [-0.1, -0.05) is 60.7 Å². The number of hydrogen-bond acceptors (Lipinski definition) is 5. The monoisotopic (exact) mass is 392 g/mol. The molecule has 2 heterocycles. The van der Waals surface area contributed by atoms with Crippen LogP contribution in [0.2, 0.25) is 0 Å². The number of amides is 1. The van der Waals surface area contributed by atoms with Gasteiger partial charge in [0.2, 0.25) is 11.0 Å². The van der Waals surface area contributed by atoms with Crippen LogP contribution in [0.1, 0.15) is 19.4 Å². The first-order valence-corrected chi connectivity index (χ1v) is 10.3. The van der Waals surface area contributed by atoms with Crippen LogP contribution in [0.5, 0.6) is 0 Å². The third-order valence-electron chi connectivity index (χ3n) is 5.31. The van der Waals surface area contributed by atoms with Crippen LogP contribution in [0.4, 0.5) is 5.13 Å². The SMILES string of the molecule is CC(C)(C(=O)N1CCN(c2nc(-c3ccccc3)ns2)CC1)c1ccccc1. The van der Waals surface area contributed by atoms with E-state index < -0.39 is 5.41 Å². The summed E-state index contributed by atoms with van der Waals surface area (Å²) in [6.45, 7) is 6.98. The quantitative estimate of drug-likeness (QED) is 0.677. The second-order valence-corrected chi connectivity index (χ2v) is 8.27. The maximum atomic E-state index is 13.1. The zero-order valence-corrected chi connectivity index (χ0v) is 17.0. The highest BCUT2D eigenvalue weighted by Gasteiger charge is 2.35. The molecule has 1 aliphatic heterocycles. The zero-order chi connectivity index (χ0) is 19.6. The lowest BCUT2D eigenvalue weighted by Gasteiger charge is -2.38. The highest BCUT2D eigenvalue weighted by molar-refractivity contribution is 7.09. The molecule has 0 radical (unpaired) electrons. The van der Waals surface area contributed by atoms with E-state index in [-0.39, 0.29) is 5.91 Å². The summed E-state index contributed by atoms with van der Waals surface area (Å²) in [6, 6.07) is 20.0. The second-order valence-electron chi connectivity index (χ2n) is 7.54. The largest absolute Gasteiger partial charge is 0.343 e. The molecule has 1 aromatic heterocycles. The summed E-state index contributed by atoms with van der Waals surface area (Å²) in [5.74, 6) is 0.949. The Morgan fingerprint density at radius 1 is 0.929 bits per heavy atom. The molecule has 144 valence electrons. The molecule has 1 saturated heterocycles. The standard InChI is InChI=1S/C22H24N4OS/c1-22(2,18-11-7-4-8-12-18)20(27)25-13-15-26(16-14-25)21-23-19(24-28-21)17-9-5-3-6-10-17/h3-12H,13-16H2,1-2H3. The molecule has 28 heavy (non-hydrogen) atoms. The average Bonchev–Trinajstić information content (AvgIpc) is 3.25. The van der Waals surface area contributed by atoms with Crippen LogP contribution < -0.4 is 4.90 Å². The number of piperazine rings is 1. The minimum absolute atomic E-state index is 0.181. The summed E-state index contributed by atoms with van der Waals surface area (Å²) in [6.07, 6.45) is 0. The van der Waals surface area contributed by atoms with Gasteiger partial charge in [-0.05, 0) is 19.4 Å². The van der Waals surface area contributed by atoms with Crippen LogP contribution in [0.15, 0.2) is 60.7 Å². The van der Waals surface area contributed by atoms with Crippen LogP contribution in [0.3, 0.4) is 0 Å². The summed E-state index contributed by atoms with van der Waals surface area (Å²) in [7, 11) is 0. The fourth-order valence-electron chi connectivity index (χ4n) is 3.52. The minimum atomic E-state index is -0.521. The van der Waals surface area contributed by atoms with Crippen LogP contribution in [0, 0.1) is 0 Å². The predicted octanol–water partition coefficient (Wildman–Crippen LogP) is 3.83. The van der Waals surface area contributed by atoms with E-state index in [2.05, 4.69) is 9.27 Å². The van der Waals surface area contributed by atoms with Crippen LogP contribution in [-0.2, 0) is 10.2 Å². The summed E-state index contributed by atoms with van der Waals surface area (Å²) in [5, 5.41) is 0.924. The van der Waals surface area contributed by atoms with E-state index in [1.807, 2.05) is 79.4 Å². The molecule has 0 spiro atoms. The molecule has 1 fully saturated rings. The fraction of sp³-hybridized carbons (Fsp3) is 0.318. The number of rotatable bonds is 4. The Bertz CT molecular complexity index is 931. The Morgan fingerprint density at radius 2 is 1.54 bits per heavy atom. The molecule has 3 aromatic rings. The smallest absolute Gasteiger partial charge is 0.232 e. The Kier molecular flexibility index (Phi) is 5.13. The third kappa shape index (κ3) is 3.64. The van der Waals surface area contributed by atoms with E-state index in [0.717, 1.165) is 35.2 Å². The van der Waals surface area contributed by atoms with E-state index >= 15 is 0 Å². The Hall–Kier alpha value is -2.73. The van der Waals surface area contributed by atoms with Gasteiger partial charge >= 0.3 is 0 Å². The average molecular weight is 393 g/mol. The Morgan fingerprint density at radius 3 is 2.18 bits per heavy atom. The van der Waals surface area contributed by atoms with Gasteiger partial charge in [-0.25, -0.2) is 0 Å². The van der Waals surface area contributed by atoms with E-state index in [1.165, 1.54) is 11.5 Å². The molecule has 1 amide bonds. The summed E-state index contributed by atoms with van der Waals surface area (Å²) >= 11 is 1.42. The number of nitrogens with zero attached hydrogens (tertiary/aromatic N) is 4. The molecule has 2 aromatic carbocycles. The molecule has 4 rings (SSSR count). The van der Waals surface area contributed by atoms with Crippen molar-refractivity contribution in [3.05, 3.63) is 66.2 Å². The van der Waals surface area contributed by atoms with Crippen molar-refractivity contribution in [1.29, 1.82) is 0 Å². The first-order valence-electron chi connectivity index (χ1n) is 9.55. The van der Waals surface area contributed by atoms with Gasteiger partial charge in [-0.15, -0.1) is 0 Å². The highest BCUT2D eigenvalue weighted by atomic mass is 32.1. The van der Waals surface area contributed by atoms with Gasteiger partial charge in [0, 0.05) is 43.3 Å². The fourth-order valence-corrected chi connectivity index (χ4v) is 4.26. The van der Waals surface area contributed by atoms with Crippen molar-refractivity contribution < 1.29 is 4.79 Å². The summed E-state index contributed by atoms with van der Waals surface area (Å²) in [5.41, 5.74) is 1.56. The molecule has 5 nitrogen and oxygen atoms in total. The van der Waals surface area contributed by atoms with Crippen molar-refractivity contribution in [3.8, 4) is 11.4 Å². The third-order valence-corrected chi connectivity index (χ3v) is 6.09. The topological polar surface area (TPSA) is 49.3 Å². The number of carbonyl (C=O) groups excluding carboxylic acids is 1. The highest BCUT2D eigenvalue weighted by Crippen LogP contribution is 2.28. The lowest BCUT2D eigenvalue weighted by molar-refractivity contribution is -0.136. The van der Waals surface area contributed by atoms with Crippen LogP contribution >= 0.6 is 11.5 Å². The van der Waals surface area contributed by atoms with E-state index in [9.17, 15) is 4.79 Å². The number of carbonyl (C=O) groups is 1. The van der Waals surface area contributed by atoms with Crippen molar-refractivity contribution in [3.63, 3.8) is 0 Å². The Labute approximate surface area is 169 Å². The van der Waals surface area contributed by atoms with E-state index in [1.54, 1.807) is 0 Å². The van der Waals surface area contributed by atoms with Gasteiger partial charge in [0.05, 0.1) is 5.41 Å². The van der Waals surface area contributed by atoms with E-state index in [4.69, 9.17) is 4.98 Å². The van der Waals surface area contributed by atoms with E-state index in [0.29, 0.717) is 13.1 Å². The molecular weight excluding hydrogens is 368 g/mol. The number of benzene rings is 2. The van der Waals surface area contributed by atoms with Gasteiger partial charge < -0.3 is 9.80 Å². The molecule has 1 aliphatic rings. The minimum Gasteiger partial charge on any atom is -0.343 e. The van der Waals surface area contributed by atoms with Crippen molar-refractivity contribution in [2.75, 3.05) is 31.1 Å². The van der Waals surface area contributed by atoms with Crippen molar-refractivity contribution in [1.82, 2.24) is 14.3 Å². The van der Waals surface area contributed by atoms with Crippen LogP contribution in [-0.4, -0.2) is 46.3 Å². The normalized spacial score (nSPS) is 14.9. The molecule has 0 atom stereocenters. The Balaban J connectivity index is 1.41. The second kappa shape index (κ2) is 7.72. The molecule has 0 aliphatic carbocycles. The summed E-state index contributed by atoms with van der Waals surface area (Å²) < 4.78 is 4.50. The predicted molar refractivity (Wildman–Crippen MR) is 114 cm³/mol. The van der Waals surface area contributed by atoms with Crippen molar-refractivity contribution in [2.45, 2.75) is 19.3 Å². The summed E-state index contributed by atoms with van der Waals surface area (Å²) in [4.78, 5) is 22.0. The molecule has 0 saturated carbocycles. The first-order chi connectivity index (χ1) is 13.6. The molecule has 0 bridgehead atoms. The number of hydrogen-bond donors (Lipinski definition) is 0. The number of anilines is 1. The number of aromatic nitrogens is 2. The molecular formula is C22H24N4OS. The maximum Gasteiger partial charge on any atom is 0.232 e. The van der Waals surface area contributed by atoms with Gasteiger partial charge in [0.15, 0.2) is 5.82 Å². The van der Waals surface area contributed by atoms with Crippen molar-refractivity contribution >= 4 is 22.6 Å². The molecule has 6 heteroatoms. The maximum absolute atomic E-state index is 13.1. The molecule has 0 N–H and O–H groups in total. The zero-order valence-electron chi connectivity index (χ0n) is 16.2. The van der Waals surface area contributed by atoms with Gasteiger partial charge in [0.1, 0.15) is 0 Å². The van der Waals surface area contributed by atoms with Gasteiger partial charge in [-0.3, -0.25) is 4.79 Å².